The number of hydrogen-bond acceptors (Lipinski definition) is 6. The maximum absolute atomic E-state index is 13.6. The van der Waals surface area contributed by atoms with E-state index in [4.69, 9.17) is 14.6 Å². The summed E-state index contributed by atoms with van der Waals surface area (Å²) < 4.78 is 10.7. The van der Waals surface area contributed by atoms with Crippen LogP contribution in [-0.2, 0) is 14.3 Å². The van der Waals surface area contributed by atoms with Gasteiger partial charge in [0.05, 0.1) is 32.1 Å². The lowest BCUT2D eigenvalue weighted by atomic mass is 9.98. The van der Waals surface area contributed by atoms with Crippen molar-refractivity contribution in [2.45, 2.75) is 25.8 Å². The van der Waals surface area contributed by atoms with Crippen LogP contribution in [-0.4, -0.2) is 85.4 Å². The van der Waals surface area contributed by atoms with Crippen molar-refractivity contribution >= 4 is 17.5 Å². The highest BCUT2D eigenvalue weighted by Crippen LogP contribution is 2.33. The predicted molar refractivity (Wildman–Crippen MR) is 134 cm³/mol. The maximum Gasteiger partial charge on any atom is 0.262 e. The van der Waals surface area contributed by atoms with E-state index in [-0.39, 0.29) is 24.4 Å². The first-order valence-corrected chi connectivity index (χ1v) is 12.3. The second-order valence-corrected chi connectivity index (χ2v) is 8.77. The monoisotopic (exact) mass is 478 g/mol. The lowest BCUT2D eigenvalue weighted by Crippen LogP contribution is -2.46. The molecule has 0 aliphatic carbocycles. The van der Waals surface area contributed by atoms with Crippen LogP contribution in [0.3, 0.4) is 0 Å². The molecule has 8 nitrogen and oxygen atoms in total. The number of ether oxygens (including phenoxy) is 2. The average Bonchev–Trinajstić information content (AvgIpc) is 3.37. The summed E-state index contributed by atoms with van der Waals surface area (Å²) in [4.78, 5) is 30.2. The van der Waals surface area contributed by atoms with Gasteiger partial charge in [0.1, 0.15) is 12.3 Å². The van der Waals surface area contributed by atoms with E-state index in [9.17, 15) is 9.59 Å². The summed E-state index contributed by atoms with van der Waals surface area (Å²) in [6, 6.07) is 17.4. The summed E-state index contributed by atoms with van der Waals surface area (Å²) in [5, 5.41) is 6.32. The molecule has 0 radical (unpaired) electrons. The minimum absolute atomic E-state index is 0.0136. The molecule has 1 fully saturated rings. The molecule has 186 valence electrons. The zero-order valence-electron chi connectivity index (χ0n) is 20.6. The number of benzene rings is 2. The Labute approximate surface area is 207 Å². The largest absolute Gasteiger partial charge is 0.497 e. The Bertz CT molecular complexity index is 1020. The summed E-state index contributed by atoms with van der Waals surface area (Å²) >= 11 is 0. The van der Waals surface area contributed by atoms with Crippen LogP contribution >= 0.6 is 0 Å². The Morgan fingerprint density at radius 2 is 1.80 bits per heavy atom. The zero-order valence-corrected chi connectivity index (χ0v) is 20.6. The fourth-order valence-corrected chi connectivity index (χ4v) is 4.47. The van der Waals surface area contributed by atoms with Gasteiger partial charge in [-0.25, -0.2) is 5.01 Å². The van der Waals surface area contributed by atoms with Crippen molar-refractivity contribution in [1.82, 2.24) is 14.8 Å². The summed E-state index contributed by atoms with van der Waals surface area (Å²) in [7, 11) is 1.64. The molecule has 0 bridgehead atoms. The molecule has 1 unspecified atom stereocenters. The number of amides is 2. The van der Waals surface area contributed by atoms with Gasteiger partial charge < -0.3 is 14.4 Å². The number of carbonyl (C=O) groups is 2. The molecule has 0 aromatic heterocycles. The van der Waals surface area contributed by atoms with E-state index in [1.807, 2.05) is 61.5 Å². The molecule has 0 saturated carbocycles. The summed E-state index contributed by atoms with van der Waals surface area (Å²) in [6.45, 7) is 6.19. The SMILES string of the molecule is CCC(=O)N(CCN1CCOCC1)CC(=O)N1N=C(c2ccc(OC)cc2)CC1c1ccccc1. The molecular weight excluding hydrogens is 444 g/mol. The van der Waals surface area contributed by atoms with E-state index < -0.39 is 0 Å². The second kappa shape index (κ2) is 12.0. The molecule has 2 aromatic carbocycles. The third-order valence-electron chi connectivity index (χ3n) is 6.54. The van der Waals surface area contributed by atoms with Crippen LogP contribution in [0.5, 0.6) is 5.75 Å². The van der Waals surface area contributed by atoms with Crippen molar-refractivity contribution in [1.29, 1.82) is 0 Å². The lowest BCUT2D eigenvalue weighted by molar-refractivity contribution is -0.141. The quantitative estimate of drug-likeness (QED) is 0.554. The first-order valence-electron chi connectivity index (χ1n) is 12.3. The van der Waals surface area contributed by atoms with Gasteiger partial charge in [0.15, 0.2) is 0 Å². The first kappa shape index (κ1) is 24.9. The first-order chi connectivity index (χ1) is 17.1. The Hall–Kier alpha value is -3.23. The van der Waals surface area contributed by atoms with Crippen molar-refractivity contribution in [3.8, 4) is 5.75 Å². The Balaban J connectivity index is 1.52. The topological polar surface area (TPSA) is 74.7 Å². The number of rotatable bonds is 9. The van der Waals surface area contributed by atoms with Crippen molar-refractivity contribution in [3.05, 3.63) is 65.7 Å². The number of nitrogens with zero attached hydrogens (tertiary/aromatic N) is 4. The van der Waals surface area contributed by atoms with Crippen LogP contribution in [0.2, 0.25) is 0 Å². The minimum Gasteiger partial charge on any atom is -0.497 e. The predicted octanol–water partition coefficient (Wildman–Crippen LogP) is 2.94. The number of hydrogen-bond donors (Lipinski definition) is 0. The van der Waals surface area contributed by atoms with Crippen molar-refractivity contribution in [2.24, 2.45) is 5.10 Å². The van der Waals surface area contributed by atoms with Crippen molar-refractivity contribution in [3.63, 3.8) is 0 Å². The normalized spacial score (nSPS) is 18.3. The second-order valence-electron chi connectivity index (χ2n) is 8.77. The van der Waals surface area contributed by atoms with Crippen LogP contribution in [0, 0.1) is 0 Å². The summed E-state index contributed by atoms with van der Waals surface area (Å²) in [5.74, 6) is 0.571. The van der Waals surface area contributed by atoms with E-state index in [0.717, 1.165) is 42.2 Å². The Morgan fingerprint density at radius 3 is 2.46 bits per heavy atom. The zero-order chi connectivity index (χ0) is 24.6. The molecule has 2 aromatic rings. The third-order valence-corrected chi connectivity index (χ3v) is 6.54. The molecule has 2 amide bonds. The van der Waals surface area contributed by atoms with Crippen LogP contribution < -0.4 is 4.74 Å². The summed E-state index contributed by atoms with van der Waals surface area (Å²) in [6.07, 6.45) is 0.969. The number of carbonyl (C=O) groups excluding carboxylic acids is 2. The van der Waals surface area contributed by atoms with Gasteiger partial charge in [0.25, 0.3) is 5.91 Å². The van der Waals surface area contributed by atoms with Gasteiger partial charge in [-0.15, -0.1) is 0 Å². The van der Waals surface area contributed by atoms with Crippen molar-refractivity contribution < 1.29 is 19.1 Å². The standard InChI is InChI=1S/C27H34N4O4/c1-3-26(32)30(14-13-29-15-17-35-18-16-29)20-27(33)31-25(22-7-5-4-6-8-22)19-24(28-31)21-9-11-23(34-2)12-10-21/h4-12,25H,3,13-20H2,1-2H3. The number of morpholine rings is 1. The van der Waals surface area contributed by atoms with Crippen LogP contribution in [0.1, 0.15) is 36.9 Å². The smallest absolute Gasteiger partial charge is 0.262 e. The fourth-order valence-electron chi connectivity index (χ4n) is 4.47. The highest BCUT2D eigenvalue weighted by molar-refractivity contribution is 6.03. The van der Waals surface area contributed by atoms with Gasteiger partial charge in [-0.2, -0.15) is 5.10 Å². The number of methoxy groups -OCH3 is 1. The van der Waals surface area contributed by atoms with Crippen LogP contribution in [0.4, 0.5) is 0 Å². The lowest BCUT2D eigenvalue weighted by Gasteiger charge is -2.31. The van der Waals surface area contributed by atoms with E-state index in [1.165, 1.54) is 0 Å². The van der Waals surface area contributed by atoms with Gasteiger partial charge in [-0.05, 0) is 35.4 Å². The molecule has 2 aliphatic rings. The molecule has 4 rings (SSSR count). The van der Waals surface area contributed by atoms with Gasteiger partial charge in [-0.3, -0.25) is 14.5 Å². The van der Waals surface area contributed by atoms with Gasteiger partial charge >= 0.3 is 0 Å². The molecule has 2 heterocycles. The Morgan fingerprint density at radius 1 is 1.09 bits per heavy atom. The van der Waals surface area contributed by atoms with Crippen LogP contribution in [0.25, 0.3) is 0 Å². The molecule has 2 aliphatic heterocycles. The van der Waals surface area contributed by atoms with Gasteiger partial charge in [0.2, 0.25) is 5.91 Å². The van der Waals surface area contributed by atoms with Gasteiger partial charge in [0, 0.05) is 39.0 Å². The highest BCUT2D eigenvalue weighted by Gasteiger charge is 2.34. The molecule has 1 atom stereocenters. The van der Waals surface area contributed by atoms with E-state index in [2.05, 4.69) is 4.90 Å². The van der Waals surface area contributed by atoms with E-state index in [1.54, 1.807) is 17.0 Å². The van der Waals surface area contributed by atoms with Crippen LogP contribution in [0.15, 0.2) is 59.7 Å². The molecule has 35 heavy (non-hydrogen) atoms. The van der Waals surface area contributed by atoms with Crippen molar-refractivity contribution in [2.75, 3.05) is 53.0 Å². The molecule has 0 spiro atoms. The molecule has 1 saturated heterocycles. The van der Waals surface area contributed by atoms with E-state index >= 15 is 0 Å². The summed E-state index contributed by atoms with van der Waals surface area (Å²) in [5.41, 5.74) is 2.82. The van der Waals surface area contributed by atoms with E-state index in [0.29, 0.717) is 32.6 Å². The highest BCUT2D eigenvalue weighted by atomic mass is 16.5. The molecule has 8 heteroatoms. The molecular formula is C27H34N4O4. The fraction of sp³-hybridized carbons (Fsp3) is 0.444. The number of hydrazone groups is 1. The Kier molecular flexibility index (Phi) is 8.50. The third kappa shape index (κ3) is 6.26. The minimum atomic E-state index is -0.210. The average molecular weight is 479 g/mol. The maximum atomic E-state index is 13.6. The molecule has 0 N–H and O–H groups in total. The van der Waals surface area contributed by atoms with Gasteiger partial charge in [-0.1, -0.05) is 37.3 Å².